The first-order valence-electron chi connectivity index (χ1n) is 7.01. The molecule has 0 aliphatic carbocycles. The average Bonchev–Trinajstić information content (AvgIpc) is 2.37. The summed E-state index contributed by atoms with van der Waals surface area (Å²) in [5, 5.41) is 9.64. The van der Waals surface area contributed by atoms with Crippen molar-refractivity contribution in [1.82, 2.24) is 0 Å². The summed E-state index contributed by atoms with van der Waals surface area (Å²) in [5.41, 5.74) is 0. The number of unbranched alkanes of at least 4 members (excludes halogenated alkanes) is 3. The van der Waals surface area contributed by atoms with E-state index in [4.69, 9.17) is 0 Å². The number of methoxy groups -OCH3 is 1. The zero-order valence-corrected chi connectivity index (χ0v) is 12.1. The molecule has 110 valence electrons. The highest BCUT2D eigenvalue weighted by Crippen LogP contribution is 2.07. The second kappa shape index (κ2) is 11.9. The number of carbonyl (C=O) groups excluding carboxylic acids is 2. The van der Waals surface area contributed by atoms with Gasteiger partial charge in [-0.2, -0.15) is 0 Å². The van der Waals surface area contributed by atoms with E-state index in [9.17, 15) is 14.7 Å². The number of esters is 1. The normalized spacial score (nSPS) is 12.6. The minimum atomic E-state index is -0.669. The minimum absolute atomic E-state index is 0.0266. The summed E-state index contributed by atoms with van der Waals surface area (Å²) in [7, 11) is 1.25. The largest absolute Gasteiger partial charge is 0.469 e. The zero-order chi connectivity index (χ0) is 14.5. The highest BCUT2D eigenvalue weighted by atomic mass is 16.5. The molecule has 4 nitrogen and oxygen atoms in total. The van der Waals surface area contributed by atoms with Crippen molar-refractivity contribution in [3.63, 3.8) is 0 Å². The predicted molar refractivity (Wildman–Crippen MR) is 74.8 cm³/mol. The van der Waals surface area contributed by atoms with Crippen molar-refractivity contribution in [2.45, 2.75) is 64.4 Å². The molecular formula is C15H26O4. The van der Waals surface area contributed by atoms with Crippen LogP contribution < -0.4 is 0 Å². The fourth-order valence-electron chi connectivity index (χ4n) is 1.71. The molecule has 0 bridgehead atoms. The van der Waals surface area contributed by atoms with Gasteiger partial charge in [0.1, 0.15) is 12.2 Å². The van der Waals surface area contributed by atoms with E-state index >= 15 is 0 Å². The number of hydrogen-bond donors (Lipinski definition) is 1. The van der Waals surface area contributed by atoms with Gasteiger partial charge >= 0.3 is 5.97 Å². The minimum Gasteiger partial charge on any atom is -0.469 e. The molecule has 4 heteroatoms. The van der Waals surface area contributed by atoms with Crippen molar-refractivity contribution in [3.05, 3.63) is 12.2 Å². The Balaban J connectivity index is 3.60. The van der Waals surface area contributed by atoms with E-state index < -0.39 is 12.1 Å². The summed E-state index contributed by atoms with van der Waals surface area (Å²) in [5.74, 6) is -0.820. The van der Waals surface area contributed by atoms with Crippen molar-refractivity contribution < 1.29 is 19.4 Å². The number of carbonyl (C=O) groups is 2. The lowest BCUT2D eigenvalue weighted by Crippen LogP contribution is -2.16. The Bertz CT molecular complexity index is 284. The molecule has 0 rings (SSSR count). The van der Waals surface area contributed by atoms with Crippen LogP contribution in [0.3, 0.4) is 0 Å². The molecule has 19 heavy (non-hydrogen) atoms. The van der Waals surface area contributed by atoms with Gasteiger partial charge in [-0.05, 0) is 25.7 Å². The number of rotatable bonds is 11. The molecule has 0 aromatic heterocycles. The fourth-order valence-corrected chi connectivity index (χ4v) is 1.71. The van der Waals surface area contributed by atoms with Crippen LogP contribution in [0.5, 0.6) is 0 Å². The summed E-state index contributed by atoms with van der Waals surface area (Å²) in [6.07, 6.45) is 9.33. The molecule has 0 heterocycles. The van der Waals surface area contributed by atoms with Crippen LogP contribution in [-0.4, -0.2) is 30.1 Å². The standard InChI is InChI=1S/C15H26O4/c1-3-4-5-6-7-8-9-10-13(16)11-14(17)12-15(18)19-2/h7-8,13,16H,3-6,9-12H2,1-2H3/b8-7-/t13-/m1/s1. The lowest BCUT2D eigenvalue weighted by atomic mass is 10.1. The van der Waals surface area contributed by atoms with Crippen LogP contribution in [0, 0.1) is 0 Å². The van der Waals surface area contributed by atoms with Crippen LogP contribution in [0.1, 0.15) is 58.3 Å². The van der Waals surface area contributed by atoms with Gasteiger partial charge in [-0.3, -0.25) is 9.59 Å². The SMILES string of the molecule is CCCCC/C=C\CC[C@@H](O)CC(=O)CC(=O)OC. The number of ketones is 1. The van der Waals surface area contributed by atoms with Crippen molar-refractivity contribution in [3.8, 4) is 0 Å². The van der Waals surface area contributed by atoms with Gasteiger partial charge in [0.2, 0.25) is 0 Å². The number of hydrogen-bond acceptors (Lipinski definition) is 4. The molecular weight excluding hydrogens is 244 g/mol. The molecule has 0 spiro atoms. The maximum Gasteiger partial charge on any atom is 0.313 e. The fraction of sp³-hybridized carbons (Fsp3) is 0.733. The summed E-state index contributed by atoms with van der Waals surface area (Å²) >= 11 is 0. The number of aliphatic hydroxyl groups excluding tert-OH is 1. The molecule has 1 atom stereocenters. The maximum atomic E-state index is 11.4. The molecule has 0 amide bonds. The van der Waals surface area contributed by atoms with E-state index in [1.54, 1.807) is 0 Å². The Morgan fingerprint density at radius 1 is 1.21 bits per heavy atom. The number of Topliss-reactive ketones (excluding diaryl/α,β-unsaturated/α-hetero) is 1. The van der Waals surface area contributed by atoms with E-state index in [-0.39, 0.29) is 18.6 Å². The van der Waals surface area contributed by atoms with Gasteiger partial charge < -0.3 is 9.84 Å². The number of aliphatic hydroxyl groups is 1. The topological polar surface area (TPSA) is 63.6 Å². The lowest BCUT2D eigenvalue weighted by molar-refractivity contribution is -0.143. The van der Waals surface area contributed by atoms with Crippen molar-refractivity contribution in [2.24, 2.45) is 0 Å². The Hall–Kier alpha value is -1.16. The Labute approximate surface area is 115 Å². The maximum absolute atomic E-state index is 11.4. The van der Waals surface area contributed by atoms with Crippen molar-refractivity contribution in [2.75, 3.05) is 7.11 Å². The molecule has 0 radical (unpaired) electrons. The first-order chi connectivity index (χ1) is 9.10. The third-order valence-corrected chi connectivity index (χ3v) is 2.84. The van der Waals surface area contributed by atoms with Gasteiger partial charge in [0.05, 0.1) is 13.2 Å². The van der Waals surface area contributed by atoms with E-state index in [1.165, 1.54) is 26.4 Å². The number of allylic oxidation sites excluding steroid dienone is 2. The van der Waals surface area contributed by atoms with E-state index in [1.807, 2.05) is 6.08 Å². The van der Waals surface area contributed by atoms with Crippen LogP contribution in [0.4, 0.5) is 0 Å². The van der Waals surface area contributed by atoms with Crippen LogP contribution in [0.25, 0.3) is 0 Å². The smallest absolute Gasteiger partial charge is 0.313 e. The summed E-state index contributed by atoms with van der Waals surface area (Å²) < 4.78 is 4.40. The molecule has 0 unspecified atom stereocenters. The van der Waals surface area contributed by atoms with E-state index in [0.29, 0.717) is 6.42 Å². The van der Waals surface area contributed by atoms with Crippen molar-refractivity contribution >= 4 is 11.8 Å². The van der Waals surface area contributed by atoms with Gasteiger partial charge in [-0.1, -0.05) is 31.9 Å². The first kappa shape index (κ1) is 17.8. The molecule has 0 saturated heterocycles. The Morgan fingerprint density at radius 2 is 1.89 bits per heavy atom. The Morgan fingerprint density at radius 3 is 2.53 bits per heavy atom. The first-order valence-corrected chi connectivity index (χ1v) is 7.01. The second-order valence-electron chi connectivity index (χ2n) is 4.69. The monoisotopic (exact) mass is 270 g/mol. The summed E-state index contributed by atoms with van der Waals surface area (Å²) in [4.78, 5) is 22.2. The van der Waals surface area contributed by atoms with Gasteiger partial charge in [0, 0.05) is 6.42 Å². The molecule has 0 aromatic carbocycles. The van der Waals surface area contributed by atoms with Gasteiger partial charge in [-0.25, -0.2) is 0 Å². The van der Waals surface area contributed by atoms with Crippen LogP contribution in [0.15, 0.2) is 12.2 Å². The second-order valence-corrected chi connectivity index (χ2v) is 4.69. The summed E-state index contributed by atoms with van der Waals surface area (Å²) in [6.45, 7) is 2.17. The van der Waals surface area contributed by atoms with Crippen LogP contribution in [0.2, 0.25) is 0 Å². The average molecular weight is 270 g/mol. The molecule has 0 aromatic rings. The Kier molecular flexibility index (Phi) is 11.2. The quantitative estimate of drug-likeness (QED) is 0.271. The predicted octanol–water partition coefficient (Wildman–Crippen LogP) is 2.79. The molecule has 0 aliphatic heterocycles. The molecule has 1 N–H and O–H groups in total. The van der Waals surface area contributed by atoms with E-state index in [0.717, 1.165) is 12.8 Å². The third-order valence-electron chi connectivity index (χ3n) is 2.84. The zero-order valence-electron chi connectivity index (χ0n) is 12.1. The molecule has 0 saturated carbocycles. The highest BCUT2D eigenvalue weighted by Gasteiger charge is 2.14. The third kappa shape index (κ3) is 11.7. The molecule has 0 fully saturated rings. The highest BCUT2D eigenvalue weighted by molar-refractivity contribution is 5.95. The van der Waals surface area contributed by atoms with Gasteiger partial charge in [0.25, 0.3) is 0 Å². The van der Waals surface area contributed by atoms with E-state index in [2.05, 4.69) is 17.7 Å². The van der Waals surface area contributed by atoms with Gasteiger partial charge in [-0.15, -0.1) is 0 Å². The summed E-state index contributed by atoms with van der Waals surface area (Å²) in [6, 6.07) is 0. The van der Waals surface area contributed by atoms with Crippen molar-refractivity contribution in [1.29, 1.82) is 0 Å². The molecule has 0 aliphatic rings. The lowest BCUT2D eigenvalue weighted by Gasteiger charge is -2.07. The number of ether oxygens (including phenoxy) is 1. The van der Waals surface area contributed by atoms with Gasteiger partial charge in [0.15, 0.2) is 0 Å². The van der Waals surface area contributed by atoms with Crippen LogP contribution >= 0.6 is 0 Å². The van der Waals surface area contributed by atoms with Crippen LogP contribution in [-0.2, 0) is 14.3 Å².